The van der Waals surface area contributed by atoms with Crippen molar-refractivity contribution < 1.29 is 17.9 Å². The van der Waals surface area contributed by atoms with Gasteiger partial charge in [-0.2, -0.15) is 9.29 Å². The van der Waals surface area contributed by atoms with E-state index in [2.05, 4.69) is 15.3 Å². The van der Waals surface area contributed by atoms with E-state index >= 15 is 0 Å². The predicted molar refractivity (Wildman–Crippen MR) is 130 cm³/mol. The van der Waals surface area contributed by atoms with Crippen LogP contribution in [0.1, 0.15) is 23.0 Å². The average Bonchev–Trinajstić information content (AvgIpc) is 2.84. The maximum absolute atomic E-state index is 13.1. The lowest BCUT2D eigenvalue weighted by atomic mass is 10.2. The van der Waals surface area contributed by atoms with Crippen molar-refractivity contribution in [2.75, 3.05) is 43.5 Å². The number of methoxy groups -OCH3 is 1. The van der Waals surface area contributed by atoms with E-state index in [4.69, 9.17) is 4.74 Å². The Morgan fingerprint density at radius 1 is 1.00 bits per heavy atom. The summed E-state index contributed by atoms with van der Waals surface area (Å²) in [6.45, 7) is 4.82. The molecule has 34 heavy (non-hydrogen) atoms. The van der Waals surface area contributed by atoms with Crippen molar-refractivity contribution in [1.29, 1.82) is 0 Å². The third kappa shape index (κ3) is 5.18. The van der Waals surface area contributed by atoms with Gasteiger partial charge in [0.2, 0.25) is 16.0 Å². The molecule has 1 aromatic heterocycles. The SMILES string of the molecule is COc1ccc(Nc2cc(C)nc(N3CCN(S(=O)(=O)c4cccc(C(C)=O)c4)CC3)n2)cc1. The van der Waals surface area contributed by atoms with Gasteiger partial charge in [0.05, 0.1) is 12.0 Å². The van der Waals surface area contributed by atoms with E-state index in [9.17, 15) is 13.2 Å². The summed E-state index contributed by atoms with van der Waals surface area (Å²) in [5.74, 6) is 1.80. The normalized spacial score (nSPS) is 14.6. The number of carbonyl (C=O) groups is 1. The van der Waals surface area contributed by atoms with Crippen molar-refractivity contribution >= 4 is 33.3 Å². The average molecular weight is 482 g/mol. The molecule has 1 aliphatic heterocycles. The molecule has 0 bridgehead atoms. The molecular weight excluding hydrogens is 454 g/mol. The number of carbonyl (C=O) groups excluding carboxylic acids is 1. The van der Waals surface area contributed by atoms with Crippen molar-refractivity contribution in [3.05, 3.63) is 65.9 Å². The van der Waals surface area contributed by atoms with Crippen LogP contribution in [0.25, 0.3) is 0 Å². The molecule has 2 heterocycles. The van der Waals surface area contributed by atoms with Crippen LogP contribution in [-0.4, -0.2) is 61.8 Å². The Morgan fingerprint density at radius 3 is 2.35 bits per heavy atom. The van der Waals surface area contributed by atoms with Gasteiger partial charge in [0.15, 0.2) is 5.78 Å². The molecule has 1 fully saturated rings. The Hall–Kier alpha value is -3.50. The van der Waals surface area contributed by atoms with Crippen molar-refractivity contribution in [2.45, 2.75) is 18.7 Å². The van der Waals surface area contributed by atoms with E-state index in [1.54, 1.807) is 19.2 Å². The molecule has 9 nitrogen and oxygen atoms in total. The van der Waals surface area contributed by atoms with E-state index in [1.165, 1.54) is 23.4 Å². The van der Waals surface area contributed by atoms with Crippen LogP contribution < -0.4 is 15.0 Å². The summed E-state index contributed by atoms with van der Waals surface area (Å²) in [6, 6.07) is 15.6. The van der Waals surface area contributed by atoms with E-state index < -0.39 is 10.0 Å². The number of benzene rings is 2. The van der Waals surface area contributed by atoms with Gasteiger partial charge in [-0.15, -0.1) is 0 Å². The van der Waals surface area contributed by atoms with Crippen LogP contribution in [-0.2, 0) is 10.0 Å². The van der Waals surface area contributed by atoms with Crippen LogP contribution in [0.3, 0.4) is 0 Å². The van der Waals surface area contributed by atoms with Crippen LogP contribution >= 0.6 is 0 Å². The number of ether oxygens (including phenoxy) is 1. The fourth-order valence-electron chi connectivity index (χ4n) is 3.73. The van der Waals surface area contributed by atoms with Crippen molar-refractivity contribution in [1.82, 2.24) is 14.3 Å². The number of aromatic nitrogens is 2. The van der Waals surface area contributed by atoms with Crippen LogP contribution in [0.5, 0.6) is 5.75 Å². The van der Waals surface area contributed by atoms with Crippen molar-refractivity contribution in [3.8, 4) is 5.75 Å². The van der Waals surface area contributed by atoms with Crippen LogP contribution in [0.15, 0.2) is 59.5 Å². The van der Waals surface area contributed by atoms with Crippen molar-refractivity contribution in [2.24, 2.45) is 0 Å². The third-order valence-corrected chi connectivity index (χ3v) is 7.50. The van der Waals surface area contributed by atoms with Crippen LogP contribution in [0, 0.1) is 6.92 Å². The summed E-state index contributed by atoms with van der Waals surface area (Å²) in [6.07, 6.45) is 0. The highest BCUT2D eigenvalue weighted by molar-refractivity contribution is 7.89. The summed E-state index contributed by atoms with van der Waals surface area (Å²) >= 11 is 0. The molecule has 1 saturated heterocycles. The number of nitrogens with one attached hydrogen (secondary N) is 1. The van der Waals surface area contributed by atoms with Gasteiger partial charge in [0.25, 0.3) is 0 Å². The zero-order chi connectivity index (χ0) is 24.3. The highest BCUT2D eigenvalue weighted by Crippen LogP contribution is 2.23. The molecular formula is C24H27N5O4S. The number of nitrogens with zero attached hydrogens (tertiary/aromatic N) is 4. The first-order valence-electron chi connectivity index (χ1n) is 10.9. The lowest BCUT2D eigenvalue weighted by molar-refractivity contribution is 0.101. The summed E-state index contributed by atoms with van der Waals surface area (Å²) < 4.78 is 32.8. The first-order chi connectivity index (χ1) is 16.3. The fourth-order valence-corrected chi connectivity index (χ4v) is 5.20. The van der Waals surface area contributed by atoms with Gasteiger partial charge in [-0.05, 0) is 50.2 Å². The Kier molecular flexibility index (Phi) is 6.80. The maximum Gasteiger partial charge on any atom is 0.243 e. The highest BCUT2D eigenvalue weighted by Gasteiger charge is 2.29. The number of hydrogen-bond acceptors (Lipinski definition) is 8. The molecule has 0 spiro atoms. The van der Waals surface area contributed by atoms with Crippen LogP contribution in [0.2, 0.25) is 0 Å². The second kappa shape index (κ2) is 9.78. The topological polar surface area (TPSA) is 105 Å². The number of aryl methyl sites for hydroxylation is 1. The quantitative estimate of drug-likeness (QED) is 0.513. The number of hydrogen-bond donors (Lipinski definition) is 1. The molecule has 0 amide bonds. The highest BCUT2D eigenvalue weighted by atomic mass is 32.2. The summed E-state index contributed by atoms with van der Waals surface area (Å²) in [7, 11) is -2.07. The van der Waals surface area contributed by atoms with Crippen molar-refractivity contribution in [3.63, 3.8) is 0 Å². The van der Waals surface area contributed by atoms with Gasteiger partial charge in [-0.3, -0.25) is 4.79 Å². The standard InChI is InChI=1S/C24H27N5O4S/c1-17-15-23(26-20-7-9-21(33-3)10-8-20)27-24(25-17)28-11-13-29(14-12-28)34(31,32)22-6-4-5-19(16-22)18(2)30/h4-10,15-16H,11-14H2,1-3H3,(H,25,26,27). The zero-order valence-electron chi connectivity index (χ0n) is 19.4. The minimum atomic E-state index is -3.70. The number of sulfonamides is 1. The summed E-state index contributed by atoms with van der Waals surface area (Å²) in [4.78, 5) is 23.0. The van der Waals surface area contributed by atoms with Gasteiger partial charge in [0, 0.05) is 49.2 Å². The molecule has 10 heteroatoms. The monoisotopic (exact) mass is 481 g/mol. The minimum absolute atomic E-state index is 0.131. The van der Waals surface area contributed by atoms with Gasteiger partial charge in [-0.1, -0.05) is 12.1 Å². The summed E-state index contributed by atoms with van der Waals surface area (Å²) in [5.41, 5.74) is 2.05. The smallest absolute Gasteiger partial charge is 0.243 e. The molecule has 0 radical (unpaired) electrons. The first-order valence-corrected chi connectivity index (χ1v) is 12.3. The number of ketones is 1. The lowest BCUT2D eigenvalue weighted by Crippen LogP contribution is -2.49. The first kappa shape index (κ1) is 23.7. The van der Waals surface area contributed by atoms with E-state index in [0.717, 1.165) is 17.1 Å². The van der Waals surface area contributed by atoms with E-state index in [1.807, 2.05) is 42.2 Å². The zero-order valence-corrected chi connectivity index (χ0v) is 20.2. The molecule has 1 aliphatic rings. The molecule has 0 aliphatic carbocycles. The van der Waals surface area contributed by atoms with E-state index in [0.29, 0.717) is 43.5 Å². The Labute approximate surface area is 199 Å². The molecule has 0 unspecified atom stereocenters. The molecule has 1 N–H and O–H groups in total. The molecule has 0 saturated carbocycles. The molecule has 178 valence electrons. The third-order valence-electron chi connectivity index (χ3n) is 5.60. The van der Waals surface area contributed by atoms with Crippen LogP contribution in [0.4, 0.5) is 17.5 Å². The van der Waals surface area contributed by atoms with Gasteiger partial charge >= 0.3 is 0 Å². The Morgan fingerprint density at radius 2 is 1.71 bits per heavy atom. The lowest BCUT2D eigenvalue weighted by Gasteiger charge is -2.34. The molecule has 4 rings (SSSR count). The van der Waals surface area contributed by atoms with E-state index in [-0.39, 0.29) is 10.7 Å². The number of piperazine rings is 1. The number of Topliss-reactive ketones (excluding diaryl/α,β-unsaturated/α-hetero) is 1. The second-order valence-corrected chi connectivity index (χ2v) is 9.96. The molecule has 3 aromatic rings. The largest absolute Gasteiger partial charge is 0.497 e. The van der Waals surface area contributed by atoms with Gasteiger partial charge < -0.3 is 15.0 Å². The fraction of sp³-hybridized carbons (Fsp3) is 0.292. The minimum Gasteiger partial charge on any atom is -0.497 e. The second-order valence-electron chi connectivity index (χ2n) is 8.02. The molecule has 0 atom stereocenters. The number of rotatable bonds is 7. The van der Waals surface area contributed by atoms with Gasteiger partial charge in [0.1, 0.15) is 11.6 Å². The van der Waals surface area contributed by atoms with Gasteiger partial charge in [-0.25, -0.2) is 13.4 Å². The maximum atomic E-state index is 13.1. The Bertz CT molecular complexity index is 1290. The predicted octanol–water partition coefficient (Wildman–Crippen LogP) is 3.25. The molecule has 2 aromatic carbocycles. The summed E-state index contributed by atoms with van der Waals surface area (Å²) in [5, 5.41) is 3.28. The number of anilines is 3. The Balaban J connectivity index is 1.46.